The van der Waals surface area contributed by atoms with E-state index in [4.69, 9.17) is 5.73 Å². The first-order valence-electron chi connectivity index (χ1n) is 6.41. The fourth-order valence-corrected chi connectivity index (χ4v) is 2.20. The van der Waals surface area contributed by atoms with Crippen molar-refractivity contribution in [2.75, 3.05) is 6.54 Å². The Labute approximate surface area is 109 Å². The van der Waals surface area contributed by atoms with E-state index in [1.165, 1.54) is 5.56 Å². The van der Waals surface area contributed by atoms with Gasteiger partial charge in [0.25, 0.3) is 0 Å². The molecule has 2 heteroatoms. The Hall–Kier alpha value is -1.64. The van der Waals surface area contributed by atoms with Gasteiger partial charge in [-0.05, 0) is 17.7 Å². The molecule has 0 aromatic heterocycles. The van der Waals surface area contributed by atoms with Crippen LogP contribution < -0.4 is 11.1 Å². The standard InChI is InChI=1S/C16H20N2/c1-2-18-16(14-11-7-4-8-12-14)15(17)13-9-5-3-6-10-13/h3-12,15-16,18H,2,17H2,1H3/t15-,16-/m0/s1. The van der Waals surface area contributed by atoms with Crippen LogP contribution >= 0.6 is 0 Å². The quantitative estimate of drug-likeness (QED) is 0.843. The summed E-state index contributed by atoms with van der Waals surface area (Å²) in [7, 11) is 0. The zero-order valence-corrected chi connectivity index (χ0v) is 10.7. The Morgan fingerprint density at radius 1 is 0.889 bits per heavy atom. The molecule has 0 aliphatic heterocycles. The van der Waals surface area contributed by atoms with Crippen LogP contribution in [0.3, 0.4) is 0 Å². The van der Waals surface area contributed by atoms with Crippen molar-refractivity contribution < 1.29 is 0 Å². The molecule has 0 spiro atoms. The average Bonchev–Trinajstić information content (AvgIpc) is 2.46. The summed E-state index contributed by atoms with van der Waals surface area (Å²) >= 11 is 0. The monoisotopic (exact) mass is 240 g/mol. The molecule has 2 aromatic carbocycles. The van der Waals surface area contributed by atoms with Crippen molar-refractivity contribution >= 4 is 0 Å². The summed E-state index contributed by atoms with van der Waals surface area (Å²) in [6.07, 6.45) is 0. The lowest BCUT2D eigenvalue weighted by Crippen LogP contribution is -2.31. The zero-order chi connectivity index (χ0) is 12.8. The number of nitrogens with two attached hydrogens (primary N) is 1. The molecular formula is C16H20N2. The third-order valence-electron chi connectivity index (χ3n) is 3.13. The molecule has 0 saturated heterocycles. The number of benzene rings is 2. The summed E-state index contributed by atoms with van der Waals surface area (Å²) in [5.41, 5.74) is 8.79. The average molecular weight is 240 g/mol. The maximum Gasteiger partial charge on any atom is 0.0516 e. The van der Waals surface area contributed by atoms with Gasteiger partial charge in [-0.15, -0.1) is 0 Å². The minimum absolute atomic E-state index is 0.0338. The van der Waals surface area contributed by atoms with Crippen LogP contribution in [0.4, 0.5) is 0 Å². The van der Waals surface area contributed by atoms with Crippen molar-refractivity contribution in [3.05, 3.63) is 71.8 Å². The molecule has 0 bridgehead atoms. The summed E-state index contributed by atoms with van der Waals surface area (Å²) in [5, 5.41) is 3.47. The first-order valence-corrected chi connectivity index (χ1v) is 6.41. The van der Waals surface area contributed by atoms with Crippen molar-refractivity contribution in [1.82, 2.24) is 5.32 Å². The Morgan fingerprint density at radius 2 is 1.39 bits per heavy atom. The lowest BCUT2D eigenvalue weighted by Gasteiger charge is -2.25. The summed E-state index contributed by atoms with van der Waals surface area (Å²) in [5.74, 6) is 0. The molecule has 18 heavy (non-hydrogen) atoms. The van der Waals surface area contributed by atoms with Crippen molar-refractivity contribution in [2.24, 2.45) is 5.73 Å². The normalized spacial score (nSPS) is 14.1. The molecule has 3 N–H and O–H groups in total. The van der Waals surface area contributed by atoms with Gasteiger partial charge >= 0.3 is 0 Å². The van der Waals surface area contributed by atoms with E-state index in [0.29, 0.717) is 0 Å². The van der Waals surface area contributed by atoms with Gasteiger partial charge in [0.2, 0.25) is 0 Å². The van der Waals surface area contributed by atoms with Crippen LogP contribution in [0, 0.1) is 0 Å². The number of likely N-dealkylation sites (N-methyl/N-ethyl adjacent to an activating group) is 1. The van der Waals surface area contributed by atoms with Crippen LogP contribution in [0.25, 0.3) is 0 Å². The molecule has 0 saturated carbocycles. The van der Waals surface area contributed by atoms with Gasteiger partial charge < -0.3 is 11.1 Å². The fraction of sp³-hybridized carbons (Fsp3) is 0.250. The van der Waals surface area contributed by atoms with E-state index in [1.807, 2.05) is 24.3 Å². The zero-order valence-electron chi connectivity index (χ0n) is 10.7. The maximum atomic E-state index is 6.39. The van der Waals surface area contributed by atoms with E-state index in [-0.39, 0.29) is 12.1 Å². The molecule has 0 amide bonds. The molecule has 0 aliphatic rings. The van der Waals surface area contributed by atoms with E-state index in [0.717, 1.165) is 12.1 Å². The molecular weight excluding hydrogens is 220 g/mol. The highest BCUT2D eigenvalue weighted by atomic mass is 14.9. The Kier molecular flexibility index (Phi) is 4.51. The SMILES string of the molecule is CCN[C@@H](c1ccccc1)[C@@H](N)c1ccccc1. The Balaban J connectivity index is 2.26. The van der Waals surface area contributed by atoms with Crippen LogP contribution in [0.5, 0.6) is 0 Å². The lowest BCUT2D eigenvalue weighted by atomic mass is 9.94. The van der Waals surface area contributed by atoms with Gasteiger partial charge in [0.1, 0.15) is 0 Å². The van der Waals surface area contributed by atoms with Gasteiger partial charge in [-0.1, -0.05) is 67.6 Å². The number of nitrogens with one attached hydrogen (secondary N) is 1. The van der Waals surface area contributed by atoms with Gasteiger partial charge in [0.15, 0.2) is 0 Å². The van der Waals surface area contributed by atoms with Crippen molar-refractivity contribution in [3.63, 3.8) is 0 Å². The predicted molar refractivity (Wildman–Crippen MR) is 76.2 cm³/mol. The summed E-state index contributed by atoms with van der Waals surface area (Å²) in [6.45, 7) is 3.01. The highest BCUT2D eigenvalue weighted by Gasteiger charge is 2.19. The number of hydrogen-bond acceptors (Lipinski definition) is 2. The molecule has 0 unspecified atom stereocenters. The highest BCUT2D eigenvalue weighted by molar-refractivity contribution is 5.27. The second-order valence-electron chi connectivity index (χ2n) is 4.38. The van der Waals surface area contributed by atoms with Gasteiger partial charge in [0.05, 0.1) is 6.04 Å². The molecule has 2 aromatic rings. The van der Waals surface area contributed by atoms with Gasteiger partial charge in [-0.3, -0.25) is 0 Å². The molecule has 2 nitrogen and oxygen atoms in total. The first-order chi connectivity index (χ1) is 8.83. The van der Waals surface area contributed by atoms with Crippen molar-refractivity contribution in [3.8, 4) is 0 Å². The van der Waals surface area contributed by atoms with Crippen LogP contribution in [-0.2, 0) is 0 Å². The maximum absolute atomic E-state index is 6.39. The second-order valence-corrected chi connectivity index (χ2v) is 4.38. The second kappa shape index (κ2) is 6.34. The number of hydrogen-bond donors (Lipinski definition) is 2. The molecule has 0 aliphatic carbocycles. The third kappa shape index (κ3) is 2.97. The van der Waals surface area contributed by atoms with E-state index in [9.17, 15) is 0 Å². The largest absolute Gasteiger partial charge is 0.322 e. The first kappa shape index (κ1) is 12.8. The minimum atomic E-state index is -0.0338. The van der Waals surface area contributed by atoms with Crippen molar-refractivity contribution in [2.45, 2.75) is 19.0 Å². The molecule has 0 heterocycles. The smallest absolute Gasteiger partial charge is 0.0516 e. The Morgan fingerprint density at radius 3 is 1.89 bits per heavy atom. The molecule has 0 radical (unpaired) electrons. The summed E-state index contributed by atoms with van der Waals surface area (Å²) in [4.78, 5) is 0. The fourth-order valence-electron chi connectivity index (χ4n) is 2.20. The van der Waals surface area contributed by atoms with Crippen LogP contribution in [0.2, 0.25) is 0 Å². The lowest BCUT2D eigenvalue weighted by molar-refractivity contribution is 0.465. The number of rotatable bonds is 5. The van der Waals surface area contributed by atoms with E-state index in [1.54, 1.807) is 0 Å². The summed E-state index contributed by atoms with van der Waals surface area (Å²) in [6, 6.07) is 20.7. The highest BCUT2D eigenvalue weighted by Crippen LogP contribution is 2.26. The molecule has 2 rings (SSSR count). The van der Waals surface area contributed by atoms with E-state index in [2.05, 4.69) is 48.6 Å². The van der Waals surface area contributed by atoms with Crippen LogP contribution in [0.1, 0.15) is 30.1 Å². The predicted octanol–water partition coefficient (Wildman–Crippen LogP) is 3.04. The molecule has 2 atom stereocenters. The summed E-state index contributed by atoms with van der Waals surface area (Å²) < 4.78 is 0. The van der Waals surface area contributed by atoms with Crippen LogP contribution in [0.15, 0.2) is 60.7 Å². The minimum Gasteiger partial charge on any atom is -0.322 e. The van der Waals surface area contributed by atoms with E-state index >= 15 is 0 Å². The third-order valence-corrected chi connectivity index (χ3v) is 3.13. The van der Waals surface area contributed by atoms with Gasteiger partial charge in [0, 0.05) is 6.04 Å². The van der Waals surface area contributed by atoms with Gasteiger partial charge in [-0.25, -0.2) is 0 Å². The molecule has 0 fully saturated rings. The topological polar surface area (TPSA) is 38.0 Å². The van der Waals surface area contributed by atoms with Gasteiger partial charge in [-0.2, -0.15) is 0 Å². The molecule has 94 valence electrons. The van der Waals surface area contributed by atoms with Crippen molar-refractivity contribution in [1.29, 1.82) is 0 Å². The Bertz CT molecular complexity index is 453. The van der Waals surface area contributed by atoms with E-state index < -0.39 is 0 Å². The van der Waals surface area contributed by atoms with Crippen LogP contribution in [-0.4, -0.2) is 6.54 Å².